The van der Waals surface area contributed by atoms with E-state index in [-0.39, 0.29) is 4.90 Å². The van der Waals surface area contributed by atoms with Gasteiger partial charge in [0, 0.05) is 0 Å². The lowest BCUT2D eigenvalue weighted by molar-refractivity contribution is 0.278. The predicted octanol–water partition coefficient (Wildman–Crippen LogP) is 2.88. The summed E-state index contributed by atoms with van der Waals surface area (Å²) >= 11 is 0. The SMILES string of the molecule is Cc1cc(F)ccc1S(=O)(=O)NC1(C#N)CCC(C)CC1. The van der Waals surface area contributed by atoms with E-state index in [0.717, 1.165) is 18.9 Å². The minimum atomic E-state index is -3.83. The molecule has 0 heterocycles. The van der Waals surface area contributed by atoms with E-state index >= 15 is 0 Å². The molecule has 1 aromatic rings. The van der Waals surface area contributed by atoms with Crippen molar-refractivity contribution in [2.45, 2.75) is 50.0 Å². The molecule has 1 N–H and O–H groups in total. The molecule has 2 rings (SSSR count). The van der Waals surface area contributed by atoms with Gasteiger partial charge in [-0.15, -0.1) is 0 Å². The summed E-state index contributed by atoms with van der Waals surface area (Å²) in [6.07, 6.45) is 2.64. The van der Waals surface area contributed by atoms with E-state index in [0.29, 0.717) is 24.3 Å². The average molecular weight is 310 g/mol. The van der Waals surface area contributed by atoms with Crippen LogP contribution in [0.25, 0.3) is 0 Å². The molecule has 0 bridgehead atoms. The molecule has 1 saturated carbocycles. The minimum Gasteiger partial charge on any atom is -0.207 e. The maximum absolute atomic E-state index is 13.1. The van der Waals surface area contributed by atoms with Crippen molar-refractivity contribution in [2.24, 2.45) is 5.92 Å². The van der Waals surface area contributed by atoms with Crippen molar-refractivity contribution < 1.29 is 12.8 Å². The normalized spacial score (nSPS) is 26.3. The number of hydrogen-bond donors (Lipinski definition) is 1. The van der Waals surface area contributed by atoms with Crippen LogP contribution in [0.5, 0.6) is 0 Å². The van der Waals surface area contributed by atoms with Crippen molar-refractivity contribution in [1.82, 2.24) is 4.72 Å². The maximum Gasteiger partial charge on any atom is 0.242 e. The van der Waals surface area contributed by atoms with Gasteiger partial charge in [0.2, 0.25) is 10.0 Å². The van der Waals surface area contributed by atoms with Gasteiger partial charge in [-0.3, -0.25) is 0 Å². The van der Waals surface area contributed by atoms with Crippen LogP contribution in [0.3, 0.4) is 0 Å². The fourth-order valence-corrected chi connectivity index (χ4v) is 4.32. The third-order valence-electron chi connectivity index (χ3n) is 4.10. The number of benzene rings is 1. The van der Waals surface area contributed by atoms with Crippen molar-refractivity contribution in [1.29, 1.82) is 5.26 Å². The summed E-state index contributed by atoms with van der Waals surface area (Å²) in [6, 6.07) is 5.66. The molecule has 114 valence electrons. The Balaban J connectivity index is 2.30. The number of nitriles is 1. The molecule has 0 radical (unpaired) electrons. The van der Waals surface area contributed by atoms with Crippen molar-refractivity contribution in [2.75, 3.05) is 0 Å². The molecule has 0 atom stereocenters. The highest BCUT2D eigenvalue weighted by Crippen LogP contribution is 2.33. The molecule has 4 nitrogen and oxygen atoms in total. The quantitative estimate of drug-likeness (QED) is 0.933. The monoisotopic (exact) mass is 310 g/mol. The highest BCUT2D eigenvalue weighted by Gasteiger charge is 2.38. The number of hydrogen-bond acceptors (Lipinski definition) is 3. The number of sulfonamides is 1. The van der Waals surface area contributed by atoms with E-state index in [1.807, 2.05) is 0 Å². The van der Waals surface area contributed by atoms with E-state index < -0.39 is 21.4 Å². The number of aryl methyl sites for hydroxylation is 1. The lowest BCUT2D eigenvalue weighted by Crippen LogP contribution is -2.49. The van der Waals surface area contributed by atoms with Gasteiger partial charge >= 0.3 is 0 Å². The number of nitrogens with zero attached hydrogens (tertiary/aromatic N) is 1. The third kappa shape index (κ3) is 3.42. The van der Waals surface area contributed by atoms with Gasteiger partial charge in [-0.05, 0) is 62.3 Å². The van der Waals surface area contributed by atoms with Gasteiger partial charge in [0.15, 0.2) is 0 Å². The highest BCUT2D eigenvalue weighted by atomic mass is 32.2. The average Bonchev–Trinajstić information content (AvgIpc) is 2.41. The summed E-state index contributed by atoms with van der Waals surface area (Å²) in [7, 11) is -3.83. The lowest BCUT2D eigenvalue weighted by atomic mass is 9.79. The van der Waals surface area contributed by atoms with E-state index in [1.54, 1.807) is 6.92 Å². The first-order valence-corrected chi connectivity index (χ1v) is 8.48. The third-order valence-corrected chi connectivity index (χ3v) is 5.79. The number of halogens is 1. The Kier molecular flexibility index (Phi) is 4.35. The minimum absolute atomic E-state index is 0.0251. The van der Waals surface area contributed by atoms with E-state index in [2.05, 4.69) is 17.7 Å². The number of rotatable bonds is 3. The largest absolute Gasteiger partial charge is 0.242 e. The predicted molar refractivity (Wildman–Crippen MR) is 77.4 cm³/mol. The topological polar surface area (TPSA) is 70.0 Å². The first-order chi connectivity index (χ1) is 9.78. The van der Waals surface area contributed by atoms with Gasteiger partial charge in [0.25, 0.3) is 0 Å². The Morgan fingerprint density at radius 3 is 2.52 bits per heavy atom. The number of nitrogens with one attached hydrogen (secondary N) is 1. The Morgan fingerprint density at radius 2 is 2.00 bits per heavy atom. The second kappa shape index (κ2) is 5.74. The zero-order valence-corrected chi connectivity index (χ0v) is 13.0. The van der Waals surface area contributed by atoms with Crippen LogP contribution < -0.4 is 4.72 Å². The van der Waals surface area contributed by atoms with Crippen LogP contribution >= 0.6 is 0 Å². The lowest BCUT2D eigenvalue weighted by Gasteiger charge is -2.34. The molecule has 6 heteroatoms. The molecule has 0 amide bonds. The van der Waals surface area contributed by atoms with E-state index in [1.165, 1.54) is 12.1 Å². The molecule has 0 unspecified atom stereocenters. The second-order valence-electron chi connectivity index (χ2n) is 5.89. The Bertz CT molecular complexity index is 671. The molecule has 0 aromatic heterocycles. The first kappa shape index (κ1) is 15.9. The smallest absolute Gasteiger partial charge is 0.207 e. The Labute approximate surface area is 125 Å². The van der Waals surface area contributed by atoms with Crippen LogP contribution in [0, 0.1) is 30.0 Å². The van der Waals surface area contributed by atoms with Crippen LogP contribution in [-0.4, -0.2) is 14.0 Å². The van der Waals surface area contributed by atoms with Gasteiger partial charge in [-0.2, -0.15) is 9.98 Å². The van der Waals surface area contributed by atoms with Crippen LogP contribution in [-0.2, 0) is 10.0 Å². The van der Waals surface area contributed by atoms with E-state index in [4.69, 9.17) is 0 Å². The van der Waals surface area contributed by atoms with Gasteiger partial charge in [-0.1, -0.05) is 6.92 Å². The molecular formula is C15H19FN2O2S. The molecule has 0 spiro atoms. The highest BCUT2D eigenvalue weighted by molar-refractivity contribution is 7.89. The molecule has 21 heavy (non-hydrogen) atoms. The van der Waals surface area contributed by atoms with Gasteiger partial charge in [0.1, 0.15) is 11.4 Å². The van der Waals surface area contributed by atoms with Gasteiger partial charge < -0.3 is 0 Å². The van der Waals surface area contributed by atoms with Crippen molar-refractivity contribution in [3.05, 3.63) is 29.6 Å². The zero-order valence-electron chi connectivity index (χ0n) is 12.2. The van der Waals surface area contributed by atoms with Gasteiger partial charge in [-0.25, -0.2) is 12.8 Å². The standard InChI is InChI=1S/C15H19FN2O2S/c1-11-5-7-15(10-17,8-6-11)18-21(19,20)14-4-3-13(16)9-12(14)2/h3-4,9,11,18H,5-8H2,1-2H3. The van der Waals surface area contributed by atoms with Crippen LogP contribution in [0.1, 0.15) is 38.2 Å². The molecule has 1 aliphatic carbocycles. The van der Waals surface area contributed by atoms with Gasteiger partial charge in [0.05, 0.1) is 11.0 Å². The van der Waals surface area contributed by atoms with Crippen LogP contribution in [0.15, 0.2) is 23.1 Å². The van der Waals surface area contributed by atoms with Crippen LogP contribution in [0.4, 0.5) is 4.39 Å². The van der Waals surface area contributed by atoms with Crippen molar-refractivity contribution >= 4 is 10.0 Å². The van der Waals surface area contributed by atoms with Crippen LogP contribution in [0.2, 0.25) is 0 Å². The first-order valence-electron chi connectivity index (χ1n) is 6.99. The summed E-state index contributed by atoms with van der Waals surface area (Å²) in [5.41, 5.74) is -0.716. The van der Waals surface area contributed by atoms with Crippen molar-refractivity contribution in [3.8, 4) is 6.07 Å². The zero-order chi connectivity index (χ0) is 15.7. The molecule has 1 fully saturated rings. The summed E-state index contributed by atoms with van der Waals surface area (Å²) in [4.78, 5) is 0.0251. The fourth-order valence-electron chi connectivity index (χ4n) is 2.72. The summed E-state index contributed by atoms with van der Waals surface area (Å²) in [5.74, 6) is 0.0245. The summed E-state index contributed by atoms with van der Waals surface area (Å²) in [6.45, 7) is 3.64. The molecule has 0 aliphatic heterocycles. The molecule has 1 aromatic carbocycles. The molecule has 1 aliphatic rings. The second-order valence-corrected chi connectivity index (χ2v) is 7.54. The molecule has 0 saturated heterocycles. The summed E-state index contributed by atoms with van der Waals surface area (Å²) in [5, 5.41) is 9.41. The maximum atomic E-state index is 13.1. The van der Waals surface area contributed by atoms with Crippen molar-refractivity contribution in [3.63, 3.8) is 0 Å². The summed E-state index contributed by atoms with van der Waals surface area (Å²) < 4.78 is 40.6. The molecular weight excluding hydrogens is 291 g/mol. The van der Waals surface area contributed by atoms with E-state index in [9.17, 15) is 18.1 Å². The fraction of sp³-hybridized carbons (Fsp3) is 0.533. The Hall–Kier alpha value is -1.45. The Morgan fingerprint density at radius 1 is 1.38 bits per heavy atom.